The van der Waals surface area contributed by atoms with Crippen LogP contribution in [0.4, 0.5) is 13.2 Å². The average molecular weight is 506 g/mol. The zero-order valence-electron chi connectivity index (χ0n) is 19.6. The maximum absolute atomic E-state index is 13.7. The van der Waals surface area contributed by atoms with Gasteiger partial charge in [0.05, 0.1) is 37.2 Å². The van der Waals surface area contributed by atoms with Crippen molar-refractivity contribution in [2.24, 2.45) is 0 Å². The highest BCUT2D eigenvalue weighted by atomic mass is 35.5. The normalized spacial score (nSPS) is 11.9. The fourth-order valence-corrected chi connectivity index (χ4v) is 3.72. The summed E-state index contributed by atoms with van der Waals surface area (Å²) < 4.78 is 47.4. The molecule has 0 spiro atoms. The molecule has 0 fully saturated rings. The summed E-state index contributed by atoms with van der Waals surface area (Å²) in [7, 11) is 1.41. The molecule has 0 aliphatic rings. The highest BCUT2D eigenvalue weighted by molar-refractivity contribution is 6.30. The molecule has 0 aliphatic heterocycles. The van der Waals surface area contributed by atoms with Gasteiger partial charge in [-0.15, -0.1) is 0 Å². The van der Waals surface area contributed by atoms with Crippen molar-refractivity contribution in [2.75, 3.05) is 7.11 Å². The van der Waals surface area contributed by atoms with Gasteiger partial charge < -0.3 is 4.74 Å². The fraction of sp³-hybridized carbons (Fsp3) is 0.375. The van der Waals surface area contributed by atoms with Gasteiger partial charge in [-0.3, -0.25) is 9.36 Å². The number of aryl methyl sites for hydroxylation is 1. The minimum atomic E-state index is -4.81. The van der Waals surface area contributed by atoms with E-state index in [4.69, 9.17) is 21.6 Å². The highest BCUT2D eigenvalue weighted by Crippen LogP contribution is 2.30. The summed E-state index contributed by atoms with van der Waals surface area (Å²) in [5.41, 5.74) is -1.68. The highest BCUT2D eigenvalue weighted by Gasteiger charge is 2.37. The van der Waals surface area contributed by atoms with Crippen LogP contribution in [0.1, 0.15) is 54.5 Å². The van der Waals surface area contributed by atoms with E-state index in [9.17, 15) is 18.0 Å². The lowest BCUT2D eigenvalue weighted by Crippen LogP contribution is -2.30. The topological polar surface area (TPSA) is 93.7 Å². The van der Waals surface area contributed by atoms with E-state index in [1.54, 1.807) is 6.07 Å². The fourth-order valence-electron chi connectivity index (χ4n) is 3.46. The number of hydrogen-bond acceptors (Lipinski definition) is 6. The van der Waals surface area contributed by atoms with E-state index in [1.165, 1.54) is 25.4 Å². The number of alkyl halides is 3. The molecule has 0 aliphatic carbocycles. The van der Waals surface area contributed by atoms with Gasteiger partial charge in [0.25, 0.3) is 5.56 Å². The van der Waals surface area contributed by atoms with Crippen LogP contribution in [0.25, 0.3) is 0 Å². The number of rotatable bonds is 6. The molecule has 0 amide bonds. The Balaban J connectivity index is 2.00. The first-order valence-corrected chi connectivity index (χ1v) is 11.0. The predicted octanol–water partition coefficient (Wildman–Crippen LogP) is 4.72. The minimum absolute atomic E-state index is 0.0615. The number of nitrogens with zero attached hydrogens (tertiary/aromatic N) is 5. The van der Waals surface area contributed by atoms with Crippen LogP contribution in [-0.4, -0.2) is 26.6 Å². The second-order valence-electron chi connectivity index (χ2n) is 8.94. The third-order valence-corrected chi connectivity index (χ3v) is 5.40. The first-order chi connectivity index (χ1) is 16.3. The zero-order valence-corrected chi connectivity index (χ0v) is 20.3. The number of aromatic nitrogens is 4. The molecule has 3 rings (SSSR count). The van der Waals surface area contributed by atoms with Gasteiger partial charge in [0, 0.05) is 22.2 Å². The molecular weight excluding hydrogens is 483 g/mol. The van der Waals surface area contributed by atoms with Crippen molar-refractivity contribution >= 4 is 11.6 Å². The molecule has 2 heterocycles. The molecule has 0 atom stereocenters. The quantitative estimate of drug-likeness (QED) is 0.481. The predicted molar refractivity (Wildman–Crippen MR) is 123 cm³/mol. The Morgan fingerprint density at radius 2 is 1.86 bits per heavy atom. The molecule has 0 saturated heterocycles. The maximum Gasteiger partial charge on any atom is 0.433 e. The summed E-state index contributed by atoms with van der Waals surface area (Å²) >= 11 is 6.00. The summed E-state index contributed by atoms with van der Waals surface area (Å²) in [6.45, 7) is 5.66. The van der Waals surface area contributed by atoms with Gasteiger partial charge in [-0.05, 0) is 36.6 Å². The van der Waals surface area contributed by atoms with Gasteiger partial charge in [0.15, 0.2) is 5.69 Å². The van der Waals surface area contributed by atoms with Crippen LogP contribution in [0.3, 0.4) is 0 Å². The Kier molecular flexibility index (Phi) is 7.50. The molecule has 11 heteroatoms. The number of hydrogen-bond donors (Lipinski definition) is 0. The van der Waals surface area contributed by atoms with Crippen LogP contribution in [0, 0.1) is 11.3 Å². The summed E-state index contributed by atoms with van der Waals surface area (Å²) in [5.74, 6) is 0.746. The Bertz CT molecular complexity index is 1340. The zero-order chi connectivity index (χ0) is 26.0. The van der Waals surface area contributed by atoms with Crippen LogP contribution in [0.5, 0.6) is 5.88 Å². The second-order valence-corrected chi connectivity index (χ2v) is 9.38. The van der Waals surface area contributed by atoms with E-state index in [0.29, 0.717) is 17.0 Å². The van der Waals surface area contributed by atoms with Crippen LogP contribution < -0.4 is 10.3 Å². The molecule has 0 radical (unpaired) electrons. The molecule has 184 valence electrons. The Morgan fingerprint density at radius 3 is 2.46 bits per heavy atom. The molecule has 3 aromatic rings. The number of halogens is 4. The van der Waals surface area contributed by atoms with Crippen LogP contribution >= 0.6 is 11.6 Å². The maximum atomic E-state index is 13.7. The molecule has 2 aromatic heterocycles. The number of nitriles is 1. The SMILES string of the molecule is COc1nc(C(C)(C)C)ncc1Cn1cnc(C(F)(F)F)c(CCc2cc(Cl)cc(C#N)c2)c1=O. The molecule has 0 saturated carbocycles. The van der Waals surface area contributed by atoms with Gasteiger partial charge in [0.1, 0.15) is 5.82 Å². The van der Waals surface area contributed by atoms with Gasteiger partial charge >= 0.3 is 6.18 Å². The lowest BCUT2D eigenvalue weighted by Gasteiger charge is -2.19. The average Bonchev–Trinajstić information content (AvgIpc) is 2.77. The van der Waals surface area contributed by atoms with Crippen molar-refractivity contribution in [2.45, 2.75) is 51.7 Å². The molecular formula is C24H23ClF3N5O2. The van der Waals surface area contributed by atoms with Crippen molar-refractivity contribution in [1.82, 2.24) is 19.5 Å². The Labute approximate surface area is 205 Å². The Morgan fingerprint density at radius 1 is 1.14 bits per heavy atom. The molecule has 0 N–H and O–H groups in total. The van der Waals surface area contributed by atoms with Gasteiger partial charge in [-0.2, -0.15) is 23.4 Å². The van der Waals surface area contributed by atoms with E-state index in [0.717, 1.165) is 10.9 Å². The largest absolute Gasteiger partial charge is 0.481 e. The van der Waals surface area contributed by atoms with Gasteiger partial charge in [0.2, 0.25) is 5.88 Å². The monoisotopic (exact) mass is 505 g/mol. The van der Waals surface area contributed by atoms with Crippen molar-refractivity contribution in [1.29, 1.82) is 5.26 Å². The van der Waals surface area contributed by atoms with Crippen molar-refractivity contribution in [3.8, 4) is 11.9 Å². The lowest BCUT2D eigenvalue weighted by atomic mass is 9.96. The minimum Gasteiger partial charge on any atom is -0.481 e. The molecule has 7 nitrogen and oxygen atoms in total. The summed E-state index contributed by atoms with van der Waals surface area (Å²) in [6, 6.07) is 6.46. The Hall–Kier alpha value is -3.45. The van der Waals surface area contributed by atoms with E-state index in [-0.39, 0.29) is 41.3 Å². The van der Waals surface area contributed by atoms with E-state index in [2.05, 4.69) is 15.0 Å². The van der Waals surface area contributed by atoms with Gasteiger partial charge in [-0.25, -0.2) is 9.97 Å². The second kappa shape index (κ2) is 10.0. The van der Waals surface area contributed by atoms with Crippen LogP contribution in [-0.2, 0) is 31.0 Å². The third kappa shape index (κ3) is 6.17. The van der Waals surface area contributed by atoms with Crippen LogP contribution in [0.15, 0.2) is 35.5 Å². The number of methoxy groups -OCH3 is 1. The molecule has 1 aromatic carbocycles. The van der Waals surface area contributed by atoms with Crippen molar-refractivity contribution < 1.29 is 17.9 Å². The number of benzene rings is 1. The standard InChI is InChI=1S/C24H23ClF3N5O2/c1-23(2,3)22-30-11-16(20(32-22)35-4)12-33-13-31-19(24(26,27)28)18(21(33)34)6-5-14-7-15(10-29)9-17(25)8-14/h7-9,11,13H,5-6,12H2,1-4H3. The van der Waals surface area contributed by atoms with Crippen molar-refractivity contribution in [3.63, 3.8) is 0 Å². The first kappa shape index (κ1) is 26.2. The van der Waals surface area contributed by atoms with E-state index in [1.807, 2.05) is 26.8 Å². The van der Waals surface area contributed by atoms with E-state index >= 15 is 0 Å². The lowest BCUT2D eigenvalue weighted by molar-refractivity contribution is -0.142. The molecule has 35 heavy (non-hydrogen) atoms. The van der Waals surface area contributed by atoms with Crippen molar-refractivity contribution in [3.05, 3.63) is 79.9 Å². The first-order valence-electron chi connectivity index (χ1n) is 10.6. The van der Waals surface area contributed by atoms with E-state index < -0.39 is 23.0 Å². The van der Waals surface area contributed by atoms with Crippen LogP contribution in [0.2, 0.25) is 5.02 Å². The molecule has 0 unspecified atom stereocenters. The summed E-state index contributed by atoms with van der Waals surface area (Å²) in [5, 5.41) is 9.39. The summed E-state index contributed by atoms with van der Waals surface area (Å²) in [6.07, 6.45) is -2.64. The summed E-state index contributed by atoms with van der Waals surface area (Å²) in [4.78, 5) is 25.4. The number of ether oxygens (including phenoxy) is 1. The third-order valence-electron chi connectivity index (χ3n) is 5.18. The van der Waals surface area contributed by atoms with Gasteiger partial charge in [-0.1, -0.05) is 32.4 Å². The smallest absolute Gasteiger partial charge is 0.433 e. The molecule has 0 bridgehead atoms.